The second kappa shape index (κ2) is 3.50. The average molecular weight is 424 g/mol. The SMILES string of the molecule is Fc1c(F)c(I)c2nsnc2c1I. The van der Waals surface area contributed by atoms with Gasteiger partial charge in [-0.1, -0.05) is 0 Å². The van der Waals surface area contributed by atoms with Crippen molar-refractivity contribution in [1.29, 1.82) is 0 Å². The molecule has 1 aromatic carbocycles. The molecule has 0 aliphatic rings. The van der Waals surface area contributed by atoms with E-state index in [2.05, 4.69) is 8.75 Å². The maximum atomic E-state index is 13.1. The van der Waals surface area contributed by atoms with E-state index in [1.165, 1.54) is 0 Å². The van der Waals surface area contributed by atoms with E-state index in [-0.39, 0.29) is 7.14 Å². The van der Waals surface area contributed by atoms with Crippen molar-refractivity contribution in [3.63, 3.8) is 0 Å². The fourth-order valence-corrected chi connectivity index (χ4v) is 2.99. The molecule has 0 unspecified atom stereocenters. The third-order valence-corrected chi connectivity index (χ3v) is 3.98. The lowest BCUT2D eigenvalue weighted by Gasteiger charge is -1.99. The molecule has 2 nitrogen and oxygen atoms in total. The Kier molecular flexibility index (Phi) is 2.66. The van der Waals surface area contributed by atoms with Crippen LogP contribution < -0.4 is 0 Å². The largest absolute Gasteiger partial charge is 0.202 e. The average Bonchev–Trinajstić information content (AvgIpc) is 2.59. The molecule has 0 atom stereocenters. The van der Waals surface area contributed by atoms with Crippen LogP contribution >= 0.6 is 56.9 Å². The molecule has 1 aromatic heterocycles. The number of aromatic nitrogens is 2. The van der Waals surface area contributed by atoms with Gasteiger partial charge in [-0.25, -0.2) is 8.78 Å². The molecule has 0 N–H and O–H groups in total. The molecule has 0 spiro atoms. The van der Waals surface area contributed by atoms with Crippen molar-refractivity contribution in [1.82, 2.24) is 8.75 Å². The van der Waals surface area contributed by atoms with Crippen molar-refractivity contribution >= 4 is 67.9 Å². The van der Waals surface area contributed by atoms with Crippen LogP contribution in [0.4, 0.5) is 8.78 Å². The van der Waals surface area contributed by atoms with Crippen LogP contribution in [0.1, 0.15) is 0 Å². The van der Waals surface area contributed by atoms with Gasteiger partial charge in [0.1, 0.15) is 11.0 Å². The Morgan fingerprint density at radius 3 is 1.69 bits per heavy atom. The van der Waals surface area contributed by atoms with Gasteiger partial charge in [0, 0.05) is 0 Å². The van der Waals surface area contributed by atoms with Gasteiger partial charge in [0.25, 0.3) is 0 Å². The smallest absolute Gasteiger partial charge is 0.175 e. The van der Waals surface area contributed by atoms with Gasteiger partial charge in [-0.3, -0.25) is 0 Å². The topological polar surface area (TPSA) is 25.8 Å². The molecule has 1 heterocycles. The number of fused-ring (bicyclic) bond motifs is 1. The Morgan fingerprint density at radius 1 is 0.923 bits per heavy atom. The summed E-state index contributed by atoms with van der Waals surface area (Å²) < 4.78 is 34.5. The fraction of sp³-hybridized carbons (Fsp3) is 0. The van der Waals surface area contributed by atoms with E-state index in [0.29, 0.717) is 11.0 Å². The van der Waals surface area contributed by atoms with E-state index < -0.39 is 11.6 Å². The first-order chi connectivity index (χ1) is 6.13. The van der Waals surface area contributed by atoms with Crippen molar-refractivity contribution < 1.29 is 8.78 Å². The van der Waals surface area contributed by atoms with Crippen LogP contribution in [0.2, 0.25) is 0 Å². The Labute approximate surface area is 103 Å². The lowest BCUT2D eigenvalue weighted by Crippen LogP contribution is -1.95. The zero-order valence-corrected chi connectivity index (χ0v) is 10.9. The minimum absolute atomic E-state index is 0.194. The summed E-state index contributed by atoms with van der Waals surface area (Å²) in [4.78, 5) is 0. The van der Waals surface area contributed by atoms with Crippen molar-refractivity contribution in [3.05, 3.63) is 18.8 Å². The summed E-state index contributed by atoms with van der Waals surface area (Å²) in [5.41, 5.74) is 0.878. The minimum atomic E-state index is -0.842. The maximum absolute atomic E-state index is 13.1. The van der Waals surface area contributed by atoms with Gasteiger partial charge in [-0.2, -0.15) is 8.75 Å². The van der Waals surface area contributed by atoms with Crippen molar-refractivity contribution in [2.24, 2.45) is 0 Å². The van der Waals surface area contributed by atoms with E-state index in [0.717, 1.165) is 11.7 Å². The van der Waals surface area contributed by atoms with Crippen LogP contribution in [0.25, 0.3) is 11.0 Å². The molecule has 0 aliphatic carbocycles. The summed E-state index contributed by atoms with van der Waals surface area (Å²) in [7, 11) is 0. The first-order valence-electron chi connectivity index (χ1n) is 3.07. The third kappa shape index (κ3) is 1.44. The first-order valence-corrected chi connectivity index (χ1v) is 5.96. The molecule has 0 saturated heterocycles. The number of rotatable bonds is 0. The summed E-state index contributed by atoms with van der Waals surface area (Å²) in [5, 5.41) is 0. The summed E-state index contributed by atoms with van der Waals surface area (Å²) in [5.74, 6) is -1.68. The summed E-state index contributed by atoms with van der Waals surface area (Å²) >= 11 is 4.41. The fourth-order valence-electron chi connectivity index (χ4n) is 0.877. The predicted molar refractivity (Wildman–Crippen MR) is 62.8 cm³/mol. The van der Waals surface area contributed by atoms with E-state index in [1.54, 1.807) is 45.2 Å². The minimum Gasteiger partial charge on any atom is -0.202 e. The van der Waals surface area contributed by atoms with Crippen molar-refractivity contribution in [2.75, 3.05) is 0 Å². The predicted octanol–water partition coefficient (Wildman–Crippen LogP) is 3.18. The van der Waals surface area contributed by atoms with Gasteiger partial charge in [0.05, 0.1) is 18.9 Å². The molecular weight excluding hydrogens is 424 g/mol. The summed E-state index contributed by atoms with van der Waals surface area (Å²) in [6, 6.07) is 0. The Bertz CT molecular complexity index is 443. The summed E-state index contributed by atoms with van der Waals surface area (Å²) in [6.07, 6.45) is 0. The van der Waals surface area contributed by atoms with Gasteiger partial charge in [-0.05, 0) is 45.2 Å². The quantitative estimate of drug-likeness (QED) is 0.369. The highest BCUT2D eigenvalue weighted by Crippen LogP contribution is 2.29. The first kappa shape index (κ1) is 9.90. The molecule has 0 radical (unpaired) electrons. The summed E-state index contributed by atoms with van der Waals surface area (Å²) in [6.45, 7) is 0. The number of nitrogens with zero attached hydrogens (tertiary/aromatic N) is 2. The zero-order chi connectivity index (χ0) is 9.59. The van der Waals surface area contributed by atoms with Gasteiger partial charge >= 0.3 is 0 Å². The Hall–Kier alpha value is 0.360. The molecule has 68 valence electrons. The van der Waals surface area contributed by atoms with E-state index >= 15 is 0 Å². The number of hydrogen-bond donors (Lipinski definition) is 0. The number of benzene rings is 1. The van der Waals surface area contributed by atoms with Crippen molar-refractivity contribution in [2.45, 2.75) is 0 Å². The van der Waals surface area contributed by atoms with Gasteiger partial charge in [-0.15, -0.1) is 0 Å². The highest BCUT2D eigenvalue weighted by atomic mass is 127. The van der Waals surface area contributed by atoms with E-state index in [4.69, 9.17) is 0 Å². The van der Waals surface area contributed by atoms with Crippen LogP contribution in [-0.2, 0) is 0 Å². The Morgan fingerprint density at radius 2 is 1.31 bits per heavy atom. The lowest BCUT2D eigenvalue weighted by molar-refractivity contribution is 0.501. The molecule has 7 heteroatoms. The van der Waals surface area contributed by atoms with Crippen LogP contribution in [-0.4, -0.2) is 8.75 Å². The molecule has 13 heavy (non-hydrogen) atoms. The highest BCUT2D eigenvalue weighted by molar-refractivity contribution is 14.1. The molecule has 2 rings (SSSR count). The molecule has 0 amide bonds. The second-order valence-corrected chi connectivity index (χ2v) is 4.90. The van der Waals surface area contributed by atoms with Crippen LogP contribution in [0.3, 0.4) is 0 Å². The zero-order valence-electron chi connectivity index (χ0n) is 5.81. The molecule has 0 fully saturated rings. The normalized spacial score (nSPS) is 11.1. The second-order valence-electron chi connectivity index (χ2n) is 2.22. The number of halogens is 4. The molecule has 0 saturated carbocycles. The Balaban J connectivity index is 3.02. The monoisotopic (exact) mass is 424 g/mol. The van der Waals surface area contributed by atoms with Gasteiger partial charge in [0.15, 0.2) is 11.6 Å². The number of hydrogen-bond acceptors (Lipinski definition) is 3. The third-order valence-electron chi connectivity index (χ3n) is 1.48. The van der Waals surface area contributed by atoms with Crippen LogP contribution in [0.15, 0.2) is 0 Å². The van der Waals surface area contributed by atoms with Crippen molar-refractivity contribution in [3.8, 4) is 0 Å². The molecule has 0 bridgehead atoms. The maximum Gasteiger partial charge on any atom is 0.175 e. The highest BCUT2D eigenvalue weighted by Gasteiger charge is 2.19. The van der Waals surface area contributed by atoms with Gasteiger partial charge in [0.2, 0.25) is 0 Å². The van der Waals surface area contributed by atoms with Crippen LogP contribution in [0.5, 0.6) is 0 Å². The van der Waals surface area contributed by atoms with E-state index in [9.17, 15) is 8.78 Å². The van der Waals surface area contributed by atoms with Gasteiger partial charge < -0.3 is 0 Å². The van der Waals surface area contributed by atoms with Crippen LogP contribution in [0, 0.1) is 18.8 Å². The van der Waals surface area contributed by atoms with E-state index in [1.807, 2.05) is 0 Å². The molecule has 2 aromatic rings. The lowest BCUT2D eigenvalue weighted by atomic mass is 10.3. The molecular formula is C6F2I2N2S. The standard InChI is InChI=1S/C6F2I2N2S/c7-1-2(8)4(10)6-5(3(1)9)11-13-12-6. The molecule has 0 aliphatic heterocycles.